The molecule has 0 amide bonds. The van der Waals surface area contributed by atoms with Crippen LogP contribution in [0.25, 0.3) is 11.3 Å². The van der Waals surface area contributed by atoms with Gasteiger partial charge in [-0.05, 0) is 50.5 Å². The van der Waals surface area contributed by atoms with Crippen LogP contribution in [0.4, 0.5) is 5.95 Å². The summed E-state index contributed by atoms with van der Waals surface area (Å²) in [5, 5.41) is 19.2. The number of rotatable bonds is 7. The predicted molar refractivity (Wildman–Crippen MR) is 118 cm³/mol. The van der Waals surface area contributed by atoms with Crippen LogP contribution in [0.5, 0.6) is 0 Å². The van der Waals surface area contributed by atoms with Crippen molar-refractivity contribution in [1.29, 1.82) is 5.26 Å². The number of likely N-dealkylation sites (tertiary alicyclic amines) is 1. The Hall–Kier alpha value is -2.82. The average molecular weight is 405 g/mol. The normalized spacial score (nSPS) is 18.1. The summed E-state index contributed by atoms with van der Waals surface area (Å²) >= 11 is 1.51. The van der Waals surface area contributed by atoms with Crippen molar-refractivity contribution in [3.05, 3.63) is 64.3 Å². The van der Waals surface area contributed by atoms with E-state index >= 15 is 0 Å². The van der Waals surface area contributed by atoms with E-state index in [2.05, 4.69) is 31.6 Å². The Morgan fingerprint density at radius 3 is 2.83 bits per heavy atom. The minimum Gasteiger partial charge on any atom is -0.354 e. The van der Waals surface area contributed by atoms with Crippen LogP contribution in [0.3, 0.4) is 0 Å². The first-order valence-electron chi connectivity index (χ1n) is 9.97. The van der Waals surface area contributed by atoms with Gasteiger partial charge in [-0.2, -0.15) is 5.26 Å². The minimum absolute atomic E-state index is 0.527. The Labute approximate surface area is 175 Å². The number of benzene rings is 1. The van der Waals surface area contributed by atoms with E-state index in [1.54, 1.807) is 12.3 Å². The van der Waals surface area contributed by atoms with Gasteiger partial charge in [-0.1, -0.05) is 42.1 Å². The highest BCUT2D eigenvalue weighted by Crippen LogP contribution is 2.34. The monoisotopic (exact) mass is 404 g/mol. The van der Waals surface area contributed by atoms with Crippen LogP contribution in [-0.4, -0.2) is 41.0 Å². The Balaban J connectivity index is 1.40. The second kappa shape index (κ2) is 9.59. The maximum absolute atomic E-state index is 9.75. The van der Waals surface area contributed by atoms with Gasteiger partial charge in [-0.3, -0.25) is 0 Å². The molecular weight excluding hydrogens is 380 g/mol. The molecule has 0 saturated carbocycles. The highest BCUT2D eigenvalue weighted by Gasteiger charge is 2.18. The van der Waals surface area contributed by atoms with Crippen molar-refractivity contribution in [2.45, 2.75) is 19.3 Å². The number of aromatic nitrogens is 2. The maximum atomic E-state index is 9.75. The van der Waals surface area contributed by atoms with Gasteiger partial charge in [0.1, 0.15) is 11.6 Å². The van der Waals surface area contributed by atoms with Gasteiger partial charge in [0.25, 0.3) is 0 Å². The molecule has 0 atom stereocenters. The summed E-state index contributed by atoms with van der Waals surface area (Å²) in [6.07, 6.45) is 5.39. The highest BCUT2D eigenvalue weighted by atomic mass is 32.2. The molecule has 3 heterocycles. The second-order valence-corrected chi connectivity index (χ2v) is 7.93. The fraction of sp³-hybridized carbons (Fsp3) is 0.318. The Morgan fingerprint density at radius 2 is 2.03 bits per heavy atom. The molecular formula is C22H24N6S. The molecule has 0 bridgehead atoms. The van der Waals surface area contributed by atoms with Crippen LogP contribution < -0.4 is 10.6 Å². The van der Waals surface area contributed by atoms with Crippen molar-refractivity contribution in [3.63, 3.8) is 0 Å². The van der Waals surface area contributed by atoms with Gasteiger partial charge in [0.15, 0.2) is 0 Å². The lowest BCUT2D eigenvalue weighted by molar-refractivity contribution is 0.337. The number of thioether (sulfide) groups is 1. The zero-order valence-corrected chi connectivity index (χ0v) is 17.1. The Kier molecular flexibility index (Phi) is 6.45. The SMILES string of the molecule is N#C/C(=C1\NC(c2ccccc2)=CS1)c1ccnc(NCCCN2CCCC2)n1. The summed E-state index contributed by atoms with van der Waals surface area (Å²) < 4.78 is 0. The first-order valence-corrected chi connectivity index (χ1v) is 10.8. The van der Waals surface area contributed by atoms with Gasteiger partial charge in [0, 0.05) is 18.1 Å². The van der Waals surface area contributed by atoms with E-state index in [1.807, 2.05) is 35.7 Å². The van der Waals surface area contributed by atoms with Crippen LogP contribution in [0.1, 0.15) is 30.5 Å². The van der Waals surface area contributed by atoms with Crippen molar-refractivity contribution < 1.29 is 0 Å². The molecule has 148 valence electrons. The quantitative estimate of drug-likeness (QED) is 0.535. The average Bonchev–Trinajstić information content (AvgIpc) is 3.45. The van der Waals surface area contributed by atoms with E-state index in [1.165, 1.54) is 37.7 Å². The van der Waals surface area contributed by atoms with Gasteiger partial charge in [-0.25, -0.2) is 9.97 Å². The lowest BCUT2D eigenvalue weighted by Gasteiger charge is -2.14. The molecule has 1 aromatic carbocycles. The maximum Gasteiger partial charge on any atom is 0.223 e. The summed E-state index contributed by atoms with van der Waals surface area (Å²) in [5.41, 5.74) is 3.24. The number of nitriles is 1. The van der Waals surface area contributed by atoms with Crippen molar-refractivity contribution in [2.75, 3.05) is 31.5 Å². The molecule has 1 fully saturated rings. The second-order valence-electron chi connectivity index (χ2n) is 7.05. The van der Waals surface area contributed by atoms with E-state index in [-0.39, 0.29) is 0 Å². The van der Waals surface area contributed by atoms with Gasteiger partial charge < -0.3 is 15.5 Å². The smallest absolute Gasteiger partial charge is 0.223 e. The van der Waals surface area contributed by atoms with Crippen LogP contribution >= 0.6 is 11.8 Å². The molecule has 0 unspecified atom stereocenters. The molecule has 0 aliphatic carbocycles. The van der Waals surface area contributed by atoms with Crippen LogP contribution in [0.2, 0.25) is 0 Å². The van der Waals surface area contributed by atoms with Gasteiger partial charge in [0.2, 0.25) is 5.95 Å². The van der Waals surface area contributed by atoms with Crippen molar-refractivity contribution >= 4 is 29.0 Å². The number of hydrogen-bond acceptors (Lipinski definition) is 7. The van der Waals surface area contributed by atoms with Crippen molar-refractivity contribution in [2.24, 2.45) is 0 Å². The third-order valence-corrected chi connectivity index (χ3v) is 5.91. The molecule has 2 N–H and O–H groups in total. The number of hydrogen-bond donors (Lipinski definition) is 2. The predicted octanol–water partition coefficient (Wildman–Crippen LogP) is 3.90. The molecule has 2 aliphatic heterocycles. The Bertz CT molecular complexity index is 941. The Morgan fingerprint density at radius 1 is 1.21 bits per heavy atom. The van der Waals surface area contributed by atoms with Gasteiger partial charge >= 0.3 is 0 Å². The summed E-state index contributed by atoms with van der Waals surface area (Å²) in [4.78, 5) is 11.4. The molecule has 2 aliphatic rings. The largest absolute Gasteiger partial charge is 0.354 e. The van der Waals surface area contributed by atoms with E-state index < -0.39 is 0 Å². The molecule has 4 rings (SSSR count). The van der Waals surface area contributed by atoms with Crippen molar-refractivity contribution in [1.82, 2.24) is 20.2 Å². The first kappa shape index (κ1) is 19.5. The third kappa shape index (κ3) is 4.97. The molecule has 1 saturated heterocycles. The van der Waals surface area contributed by atoms with Crippen LogP contribution in [0, 0.1) is 11.3 Å². The van der Waals surface area contributed by atoms with E-state index in [0.29, 0.717) is 17.2 Å². The number of allylic oxidation sites excluding steroid dienone is 1. The molecule has 0 radical (unpaired) electrons. The van der Waals surface area contributed by atoms with Crippen molar-refractivity contribution in [3.8, 4) is 6.07 Å². The summed E-state index contributed by atoms with van der Waals surface area (Å²) in [5.74, 6) is 0.566. The molecule has 1 aromatic heterocycles. The number of anilines is 1. The minimum atomic E-state index is 0.527. The molecule has 29 heavy (non-hydrogen) atoms. The lowest BCUT2D eigenvalue weighted by Crippen LogP contribution is -2.22. The highest BCUT2D eigenvalue weighted by molar-refractivity contribution is 8.06. The fourth-order valence-electron chi connectivity index (χ4n) is 3.49. The lowest BCUT2D eigenvalue weighted by atomic mass is 10.1. The number of nitrogens with zero attached hydrogens (tertiary/aromatic N) is 4. The zero-order chi connectivity index (χ0) is 19.9. The standard InChI is InChI=1S/C22H24N6S/c23-15-18(21-26-20(16-29-21)17-7-2-1-3-8-17)19-9-11-25-22(27-19)24-10-6-14-28-12-4-5-13-28/h1-3,7-9,11,16,26H,4-6,10,12-14H2,(H,24,25,27)/b21-18-. The first-order chi connectivity index (χ1) is 14.3. The van der Waals surface area contributed by atoms with Crippen LogP contribution in [0.15, 0.2) is 53.0 Å². The summed E-state index contributed by atoms with van der Waals surface area (Å²) in [6, 6.07) is 14.2. The zero-order valence-electron chi connectivity index (χ0n) is 16.3. The molecule has 0 spiro atoms. The third-order valence-electron chi connectivity index (χ3n) is 5.01. The van der Waals surface area contributed by atoms with Gasteiger partial charge in [0.05, 0.1) is 16.4 Å². The van der Waals surface area contributed by atoms with E-state index in [0.717, 1.165) is 35.8 Å². The molecule has 7 heteroatoms. The van der Waals surface area contributed by atoms with E-state index in [9.17, 15) is 5.26 Å². The van der Waals surface area contributed by atoms with Crippen LogP contribution in [-0.2, 0) is 0 Å². The fourth-order valence-corrected chi connectivity index (χ4v) is 4.36. The summed E-state index contributed by atoms with van der Waals surface area (Å²) in [6.45, 7) is 4.36. The molecule has 2 aromatic rings. The summed E-state index contributed by atoms with van der Waals surface area (Å²) in [7, 11) is 0. The van der Waals surface area contributed by atoms with Gasteiger partial charge in [-0.15, -0.1) is 0 Å². The van der Waals surface area contributed by atoms with E-state index in [4.69, 9.17) is 0 Å². The molecule has 6 nitrogen and oxygen atoms in total. The topological polar surface area (TPSA) is 76.9 Å². The number of nitrogens with one attached hydrogen (secondary N) is 2.